The first-order valence-electron chi connectivity index (χ1n) is 11.1. The molecule has 1 saturated heterocycles. The molecule has 2 aromatic carbocycles. The van der Waals surface area contributed by atoms with Gasteiger partial charge in [0.15, 0.2) is 0 Å². The number of nitriles is 1. The zero-order valence-electron chi connectivity index (χ0n) is 18.6. The molecule has 0 aromatic heterocycles. The lowest BCUT2D eigenvalue weighted by Crippen LogP contribution is -2.47. The van der Waals surface area contributed by atoms with Crippen molar-refractivity contribution in [2.75, 3.05) is 56.7 Å². The number of aldehydes is 1. The number of hydrogen-bond donors (Lipinski definition) is 0. The molecule has 0 aliphatic carbocycles. The molecular formula is C25H29FN4O2. The van der Waals surface area contributed by atoms with Crippen molar-refractivity contribution in [3.05, 3.63) is 53.3 Å². The molecule has 2 atom stereocenters. The van der Waals surface area contributed by atoms with Crippen LogP contribution < -0.4 is 14.5 Å². The van der Waals surface area contributed by atoms with Crippen molar-refractivity contribution in [1.82, 2.24) is 4.90 Å². The molecule has 0 bridgehead atoms. The second-order valence-electron chi connectivity index (χ2n) is 8.65. The smallest absolute Gasteiger partial charge is 0.139 e. The van der Waals surface area contributed by atoms with Crippen LogP contribution in [0.5, 0.6) is 5.75 Å². The van der Waals surface area contributed by atoms with Gasteiger partial charge in [-0.15, -0.1) is 0 Å². The quantitative estimate of drug-likeness (QED) is 0.467. The van der Waals surface area contributed by atoms with E-state index in [0.29, 0.717) is 30.9 Å². The molecule has 0 saturated carbocycles. The van der Waals surface area contributed by atoms with E-state index in [0.717, 1.165) is 44.4 Å². The maximum Gasteiger partial charge on any atom is 0.139 e. The number of anilines is 2. The monoisotopic (exact) mass is 436 g/mol. The summed E-state index contributed by atoms with van der Waals surface area (Å²) in [5.74, 6) is 0.370. The van der Waals surface area contributed by atoms with E-state index in [1.165, 1.54) is 29.4 Å². The topological polar surface area (TPSA) is 59.8 Å². The molecule has 2 unspecified atom stereocenters. The van der Waals surface area contributed by atoms with Crippen LogP contribution in [0.4, 0.5) is 15.8 Å². The Morgan fingerprint density at radius 3 is 2.91 bits per heavy atom. The fourth-order valence-corrected chi connectivity index (χ4v) is 5.07. The number of benzene rings is 2. The number of carbonyl (C=O) groups excluding carboxylic acids is 1. The average molecular weight is 437 g/mol. The lowest BCUT2D eigenvalue weighted by Gasteiger charge is -2.38. The van der Waals surface area contributed by atoms with E-state index in [1.54, 1.807) is 0 Å². The van der Waals surface area contributed by atoms with Gasteiger partial charge in [0.1, 0.15) is 23.9 Å². The highest BCUT2D eigenvalue weighted by molar-refractivity contribution is 5.81. The molecule has 2 aliphatic heterocycles. The number of fused-ring (bicyclic) bond motifs is 3. The second-order valence-corrected chi connectivity index (χ2v) is 8.65. The van der Waals surface area contributed by atoms with Crippen LogP contribution in [0, 0.1) is 17.1 Å². The van der Waals surface area contributed by atoms with Gasteiger partial charge in [-0.3, -0.25) is 0 Å². The Morgan fingerprint density at radius 1 is 1.31 bits per heavy atom. The first kappa shape index (κ1) is 22.1. The van der Waals surface area contributed by atoms with Crippen LogP contribution in [0.2, 0.25) is 0 Å². The average Bonchev–Trinajstić information content (AvgIpc) is 3.10. The van der Waals surface area contributed by atoms with Crippen LogP contribution in [-0.2, 0) is 4.79 Å². The summed E-state index contributed by atoms with van der Waals surface area (Å²) in [5, 5.41) is 9.15. The Hall–Kier alpha value is -3.11. The largest absolute Gasteiger partial charge is 0.492 e. The minimum Gasteiger partial charge on any atom is -0.492 e. The van der Waals surface area contributed by atoms with Crippen molar-refractivity contribution in [2.45, 2.75) is 24.8 Å². The molecule has 7 heteroatoms. The van der Waals surface area contributed by atoms with Gasteiger partial charge in [0.05, 0.1) is 30.1 Å². The molecular weight excluding hydrogens is 407 g/mol. The number of likely N-dealkylation sites (tertiary alicyclic amines) is 1. The Balaban J connectivity index is 1.39. The van der Waals surface area contributed by atoms with Gasteiger partial charge in [0, 0.05) is 45.7 Å². The van der Waals surface area contributed by atoms with E-state index in [9.17, 15) is 9.18 Å². The predicted octanol–water partition coefficient (Wildman–Crippen LogP) is 3.41. The maximum absolute atomic E-state index is 13.3. The molecule has 168 valence electrons. The van der Waals surface area contributed by atoms with E-state index in [4.69, 9.17) is 10.00 Å². The standard InChI is InChI=1S/C25H29FN4O2/c1-28(2)23-6-3-5-20-21-17-29(11-9-22(21)30(12-13-31)25(20)23)10-4-14-32-24-8-7-19(26)15-18(24)16-27/h3,5-8,13,15,21-22H,4,9-12,14,17H2,1-2H3. The highest BCUT2D eigenvalue weighted by atomic mass is 19.1. The number of rotatable bonds is 8. The Bertz CT molecular complexity index is 1020. The summed E-state index contributed by atoms with van der Waals surface area (Å²) in [6.45, 7) is 3.71. The minimum absolute atomic E-state index is 0.223. The number of ether oxygens (including phenoxy) is 1. The molecule has 2 aromatic rings. The van der Waals surface area contributed by atoms with Crippen LogP contribution in [-0.4, -0.2) is 64.1 Å². The van der Waals surface area contributed by atoms with E-state index >= 15 is 0 Å². The second kappa shape index (κ2) is 9.58. The Kier molecular flexibility index (Phi) is 6.61. The zero-order chi connectivity index (χ0) is 22.7. The van der Waals surface area contributed by atoms with Crippen molar-refractivity contribution >= 4 is 17.7 Å². The number of nitrogens with zero attached hydrogens (tertiary/aromatic N) is 4. The summed E-state index contributed by atoms with van der Waals surface area (Å²) in [4.78, 5) is 18.3. The maximum atomic E-state index is 13.3. The van der Waals surface area contributed by atoms with E-state index in [-0.39, 0.29) is 5.56 Å². The minimum atomic E-state index is -0.435. The van der Waals surface area contributed by atoms with Crippen LogP contribution in [0.3, 0.4) is 0 Å². The summed E-state index contributed by atoms with van der Waals surface area (Å²) in [5.41, 5.74) is 3.91. The van der Waals surface area contributed by atoms with Crippen LogP contribution in [0.1, 0.15) is 29.9 Å². The molecule has 2 heterocycles. The third-order valence-electron chi connectivity index (χ3n) is 6.48. The number of piperidine rings is 1. The number of carbonyl (C=O) groups is 1. The van der Waals surface area contributed by atoms with Gasteiger partial charge in [-0.2, -0.15) is 5.26 Å². The predicted molar refractivity (Wildman–Crippen MR) is 123 cm³/mol. The normalized spacial score (nSPS) is 19.8. The summed E-state index contributed by atoms with van der Waals surface area (Å²) >= 11 is 0. The zero-order valence-corrected chi connectivity index (χ0v) is 18.6. The lowest BCUT2D eigenvalue weighted by atomic mass is 9.89. The van der Waals surface area contributed by atoms with Crippen LogP contribution in [0.25, 0.3) is 0 Å². The van der Waals surface area contributed by atoms with Gasteiger partial charge in [0.2, 0.25) is 0 Å². The van der Waals surface area contributed by atoms with E-state index in [2.05, 4.69) is 32.9 Å². The van der Waals surface area contributed by atoms with Crippen LogP contribution in [0.15, 0.2) is 36.4 Å². The van der Waals surface area contributed by atoms with Crippen LogP contribution >= 0.6 is 0 Å². The van der Waals surface area contributed by atoms with E-state index in [1.807, 2.05) is 20.2 Å². The summed E-state index contributed by atoms with van der Waals surface area (Å²) < 4.78 is 19.0. The third kappa shape index (κ3) is 4.28. The fraction of sp³-hybridized carbons (Fsp3) is 0.440. The molecule has 1 fully saturated rings. The van der Waals surface area contributed by atoms with Crippen molar-refractivity contribution in [3.63, 3.8) is 0 Å². The molecule has 0 radical (unpaired) electrons. The molecule has 0 spiro atoms. The van der Waals surface area contributed by atoms with Crippen molar-refractivity contribution in [1.29, 1.82) is 5.26 Å². The van der Waals surface area contributed by atoms with Gasteiger partial charge in [0.25, 0.3) is 0 Å². The number of halogens is 1. The first-order valence-corrected chi connectivity index (χ1v) is 11.1. The molecule has 4 rings (SSSR count). The lowest BCUT2D eigenvalue weighted by molar-refractivity contribution is -0.106. The summed E-state index contributed by atoms with van der Waals surface area (Å²) in [6.07, 6.45) is 2.84. The van der Waals surface area contributed by atoms with Crippen molar-refractivity contribution in [3.8, 4) is 11.8 Å². The van der Waals surface area contributed by atoms with Gasteiger partial charge >= 0.3 is 0 Å². The number of hydrogen-bond acceptors (Lipinski definition) is 6. The summed E-state index contributed by atoms with van der Waals surface area (Å²) in [6, 6.07) is 12.8. The SMILES string of the molecule is CN(C)c1cccc2c1N(CC=O)C1CCN(CCCOc3ccc(F)cc3C#N)CC21. The Morgan fingerprint density at radius 2 is 2.16 bits per heavy atom. The molecule has 32 heavy (non-hydrogen) atoms. The fourth-order valence-electron chi connectivity index (χ4n) is 5.07. The summed E-state index contributed by atoms with van der Waals surface area (Å²) in [7, 11) is 4.09. The highest BCUT2D eigenvalue weighted by Crippen LogP contribution is 2.48. The van der Waals surface area contributed by atoms with Gasteiger partial charge < -0.3 is 24.2 Å². The van der Waals surface area contributed by atoms with Crippen molar-refractivity contribution < 1.29 is 13.9 Å². The first-order chi connectivity index (χ1) is 15.5. The Labute approximate surface area is 188 Å². The molecule has 0 amide bonds. The highest BCUT2D eigenvalue weighted by Gasteiger charge is 2.42. The molecule has 2 aliphatic rings. The van der Waals surface area contributed by atoms with E-state index < -0.39 is 5.82 Å². The van der Waals surface area contributed by atoms with Gasteiger partial charge in [-0.1, -0.05) is 12.1 Å². The van der Waals surface area contributed by atoms with Gasteiger partial charge in [-0.05, 0) is 42.7 Å². The molecule has 0 N–H and O–H groups in total. The molecule has 6 nitrogen and oxygen atoms in total. The van der Waals surface area contributed by atoms with Crippen molar-refractivity contribution in [2.24, 2.45) is 0 Å². The number of para-hydroxylation sites is 1. The van der Waals surface area contributed by atoms with Gasteiger partial charge in [-0.25, -0.2) is 4.39 Å². The third-order valence-corrected chi connectivity index (χ3v) is 6.48.